The molecule has 0 saturated heterocycles. The van der Waals surface area contributed by atoms with Crippen molar-refractivity contribution >= 4 is 70.6 Å². The SMILES string of the molecule is CCCCc1ccc(CNCc2c(O)cc3c(c2O)-c2c(O)cccc2C2NC(=O)C4NC(=O)C5NC(=O)C(NC(=O)C(NC(=O)OC(C)(C)C)c6ccc(O)c(c6)Oc6cc(O)cc5c6)C(O)c5ccc(c(Cl)c5)Oc5cc4cc(c5O)Oc4ccc(cc4Cl)C(O)C(NC2=O)C(=O)NC3C(=O)NC)cc1. The van der Waals surface area contributed by atoms with Crippen LogP contribution in [0.3, 0.4) is 0 Å². The summed E-state index contributed by atoms with van der Waals surface area (Å²) < 4.78 is 24.2. The van der Waals surface area contributed by atoms with Crippen molar-refractivity contribution in [1.29, 1.82) is 0 Å². The molecule has 0 aliphatic carbocycles. The normalized spacial score (nSPS) is 20.7. The number of phenolic OH excluding ortho intramolecular Hbond substituents is 6. The van der Waals surface area contributed by atoms with Gasteiger partial charge in [-0.3, -0.25) is 33.6 Å². The minimum atomic E-state index is -2.32. The first-order valence-corrected chi connectivity index (χ1v) is 34.5. The molecule has 0 saturated carbocycles. The number of alkyl carbamates (subject to hydrolysis) is 1. The van der Waals surface area contributed by atoms with E-state index in [4.69, 9.17) is 42.1 Å². The number of hydrogen-bond acceptors (Lipinski definition) is 21. The second-order valence-electron chi connectivity index (χ2n) is 26.8. The lowest BCUT2D eigenvalue weighted by atomic mass is 9.85. The Labute approximate surface area is 620 Å². The van der Waals surface area contributed by atoms with Crippen LogP contribution < -0.4 is 62.1 Å². The maximum absolute atomic E-state index is 16.4. The Bertz CT molecular complexity index is 4920. The Balaban J connectivity index is 1.06. The van der Waals surface area contributed by atoms with E-state index >= 15 is 24.0 Å². The van der Waals surface area contributed by atoms with E-state index < -0.39 is 187 Å². The number of halogens is 2. The van der Waals surface area contributed by atoms with Gasteiger partial charge in [-0.2, -0.15) is 0 Å². The number of aliphatic hydroxyl groups excluding tert-OH is 2. The molecule has 15 bridgehead atoms. The van der Waals surface area contributed by atoms with E-state index in [0.29, 0.717) is 0 Å². The molecule has 8 amide bonds. The Hall–Kier alpha value is -12.0. The molecule has 0 fully saturated rings. The van der Waals surface area contributed by atoms with Gasteiger partial charge in [-0.15, -0.1) is 0 Å². The third kappa shape index (κ3) is 15.8. The van der Waals surface area contributed by atoms with Crippen LogP contribution in [0.1, 0.15) is 139 Å². The van der Waals surface area contributed by atoms with E-state index in [-0.39, 0.29) is 68.2 Å². The zero-order valence-electron chi connectivity index (χ0n) is 57.7. The van der Waals surface area contributed by atoms with Crippen LogP contribution in [-0.4, -0.2) is 113 Å². The first-order chi connectivity index (χ1) is 50.9. The minimum absolute atomic E-state index is 0.0933. The number of likely N-dealkylation sites (N-methyl/N-ethyl adjacent to an activating group) is 1. The fourth-order valence-corrected chi connectivity index (χ4v) is 13.3. The lowest BCUT2D eigenvalue weighted by Crippen LogP contribution is -2.56. The number of amides is 8. The Morgan fingerprint density at radius 1 is 0.514 bits per heavy atom. The van der Waals surface area contributed by atoms with Crippen LogP contribution in [0.15, 0.2) is 133 Å². The summed E-state index contributed by atoms with van der Waals surface area (Å²) in [6, 6.07) is 13.1. The first-order valence-electron chi connectivity index (χ1n) is 33.7. The van der Waals surface area contributed by atoms with Crippen molar-refractivity contribution in [1.82, 2.24) is 47.9 Å². The van der Waals surface area contributed by atoms with E-state index in [1.54, 1.807) is 20.8 Å². The summed E-state index contributed by atoms with van der Waals surface area (Å²) in [5.41, 5.74) is -2.50. The lowest BCUT2D eigenvalue weighted by molar-refractivity contribution is -0.137. The minimum Gasteiger partial charge on any atom is -0.508 e. The smallest absolute Gasteiger partial charge is 0.408 e. The van der Waals surface area contributed by atoms with Gasteiger partial charge in [-0.25, -0.2) is 4.79 Å². The molecule has 8 aromatic rings. The molecule has 17 N–H and O–H groups in total. The number of carbonyl (C=O) groups is 8. The number of fused-ring (bicyclic) bond motifs is 13. The molecule has 6 aliphatic rings. The summed E-state index contributed by atoms with van der Waals surface area (Å²) >= 11 is 13.9. The number of nitrogens with one attached hydrogen (secondary N) is 9. The molecule has 8 aromatic carbocycles. The van der Waals surface area contributed by atoms with E-state index in [2.05, 4.69) is 54.8 Å². The number of aromatic hydroxyl groups is 6. The number of rotatable bonds is 9. The average Bonchev–Trinajstić information content (AvgIpc) is 1.69. The fourth-order valence-electron chi connectivity index (χ4n) is 12.9. The van der Waals surface area contributed by atoms with Gasteiger partial charge in [0, 0.05) is 37.3 Å². The van der Waals surface area contributed by atoms with Gasteiger partial charge < -0.3 is 108 Å². The van der Waals surface area contributed by atoms with E-state index in [0.717, 1.165) is 97.1 Å². The molecule has 0 spiro atoms. The molecule has 6 heterocycles. The number of aryl methyl sites for hydroxylation is 1. The topological polar surface area (TPSA) is 444 Å². The van der Waals surface area contributed by atoms with Crippen molar-refractivity contribution in [2.45, 2.75) is 120 Å². The monoisotopic (exact) mass is 1500 g/mol. The second-order valence-corrected chi connectivity index (χ2v) is 27.6. The van der Waals surface area contributed by atoms with Crippen molar-refractivity contribution < 1.29 is 98.2 Å². The van der Waals surface area contributed by atoms with Crippen LogP contribution in [-0.2, 0) is 57.8 Å². The van der Waals surface area contributed by atoms with Gasteiger partial charge in [-0.05, 0) is 156 Å². The van der Waals surface area contributed by atoms with Crippen LogP contribution in [0, 0.1) is 0 Å². The van der Waals surface area contributed by atoms with Gasteiger partial charge in [-0.1, -0.05) is 91.1 Å². The summed E-state index contributed by atoms with van der Waals surface area (Å²) in [4.78, 5) is 122. The standard InChI is InChI=1S/C76H73Cl2N9O20/c1-6-7-9-33-12-14-34(15-13-33)31-80-32-44-49(91)30-43-56(66(44)94)55-42(10-8-11-48(55)90)60-72(100)86-63(74(102)84-61(43)68(96)79-5)65(93)37-18-21-51(46(78)25-37)106-54-28-39-27-53(67(54)95)105-50-20-17-36(24-45(50)77)64(92)62-73(101)82-58(70(98)81-59(39)71(99)83-60)38-22-40(88)29-41(23-38)104-52-26-35(16-19-47(52)89)57(69(97)85-62)87-75(103)107-76(2,3)4/h8,10-30,57-65,80,88-95H,6-7,9,31-32H2,1-5H3,(H,79,96)(H,81,98)(H,82,101)(H,83,99)(H,84,102)(H,85,97)(H,86,100)(H,87,103). The Kier molecular flexibility index (Phi) is 21.4. The summed E-state index contributed by atoms with van der Waals surface area (Å²) in [5.74, 6) is -15.8. The van der Waals surface area contributed by atoms with Crippen LogP contribution in [0.5, 0.6) is 69.0 Å². The maximum Gasteiger partial charge on any atom is 0.408 e. The summed E-state index contributed by atoms with van der Waals surface area (Å²) in [6.45, 7) is 6.61. The van der Waals surface area contributed by atoms with Gasteiger partial charge in [0.2, 0.25) is 47.1 Å². The fraction of sp³-hybridized carbons (Fsp3) is 0.263. The predicted molar refractivity (Wildman–Crippen MR) is 383 cm³/mol. The first kappa shape index (κ1) is 74.7. The van der Waals surface area contributed by atoms with Crippen molar-refractivity contribution in [2.75, 3.05) is 7.05 Å². The quantitative estimate of drug-likeness (QED) is 0.0645. The van der Waals surface area contributed by atoms with E-state index in [1.165, 1.54) is 49.5 Å². The lowest BCUT2D eigenvalue weighted by Gasteiger charge is -2.31. The molecular formula is C76H73Cl2N9O20. The predicted octanol–water partition coefficient (Wildman–Crippen LogP) is 8.34. The van der Waals surface area contributed by atoms with Crippen LogP contribution in [0.25, 0.3) is 11.1 Å². The molecule has 9 atom stereocenters. The maximum atomic E-state index is 16.4. The van der Waals surface area contributed by atoms with Crippen molar-refractivity contribution in [3.8, 4) is 80.1 Å². The van der Waals surface area contributed by atoms with Gasteiger partial charge in [0.25, 0.3) is 0 Å². The van der Waals surface area contributed by atoms with Gasteiger partial charge >= 0.3 is 6.09 Å². The van der Waals surface area contributed by atoms with Crippen molar-refractivity contribution in [3.05, 3.63) is 199 Å². The molecule has 107 heavy (non-hydrogen) atoms. The molecule has 14 rings (SSSR count). The van der Waals surface area contributed by atoms with Crippen LogP contribution in [0.4, 0.5) is 4.79 Å². The van der Waals surface area contributed by atoms with Gasteiger partial charge in [0.1, 0.15) is 100 Å². The van der Waals surface area contributed by atoms with E-state index in [1.807, 2.05) is 24.3 Å². The molecule has 0 aromatic heterocycles. The molecular weight excluding hydrogens is 1430 g/mol. The third-order valence-electron chi connectivity index (χ3n) is 18.2. The molecule has 29 nitrogen and oxygen atoms in total. The Morgan fingerprint density at radius 3 is 1.68 bits per heavy atom. The molecule has 31 heteroatoms. The highest BCUT2D eigenvalue weighted by molar-refractivity contribution is 6.32. The second kappa shape index (κ2) is 30.6. The number of ether oxygens (including phenoxy) is 4. The number of phenols is 6. The third-order valence-corrected chi connectivity index (χ3v) is 18.8. The molecule has 556 valence electrons. The summed E-state index contributed by atoms with van der Waals surface area (Å²) in [5, 5.41) is 120. The summed E-state index contributed by atoms with van der Waals surface area (Å²) in [7, 11) is 1.21. The van der Waals surface area contributed by atoms with Crippen molar-refractivity contribution in [2.24, 2.45) is 0 Å². The Morgan fingerprint density at radius 2 is 1.07 bits per heavy atom. The highest BCUT2D eigenvalue weighted by Gasteiger charge is 2.44. The number of benzene rings is 8. The zero-order chi connectivity index (χ0) is 76.6. The highest BCUT2D eigenvalue weighted by Crippen LogP contribution is 2.51. The molecule has 9 unspecified atom stereocenters. The van der Waals surface area contributed by atoms with Gasteiger partial charge in [0.05, 0.1) is 15.6 Å². The molecule has 0 radical (unpaired) electrons. The van der Waals surface area contributed by atoms with Crippen LogP contribution >= 0.6 is 23.2 Å². The van der Waals surface area contributed by atoms with Gasteiger partial charge in [0.15, 0.2) is 23.0 Å². The number of unbranched alkanes of at least 4 members (excludes halogenated alkanes) is 1. The average molecular weight is 1500 g/mol. The number of aliphatic hydroxyl groups is 2. The van der Waals surface area contributed by atoms with E-state index in [9.17, 15) is 55.2 Å². The number of carbonyl (C=O) groups excluding carboxylic acids is 8. The molecule has 6 aliphatic heterocycles. The van der Waals surface area contributed by atoms with Crippen molar-refractivity contribution in [3.63, 3.8) is 0 Å². The zero-order valence-corrected chi connectivity index (χ0v) is 59.2. The number of hydrogen-bond donors (Lipinski definition) is 17. The highest BCUT2D eigenvalue weighted by atomic mass is 35.5. The van der Waals surface area contributed by atoms with Crippen LogP contribution in [0.2, 0.25) is 10.0 Å². The summed E-state index contributed by atoms with van der Waals surface area (Å²) in [6.07, 6.45) is -2.61. The largest absolute Gasteiger partial charge is 0.508 e.